The van der Waals surface area contributed by atoms with Crippen molar-refractivity contribution in [3.05, 3.63) is 70.6 Å². The second-order valence-electron chi connectivity index (χ2n) is 13.2. The van der Waals surface area contributed by atoms with Crippen LogP contribution in [0.1, 0.15) is 73.0 Å². The number of fused-ring (bicyclic) bond motifs is 1. The number of sulfonamides is 1. The quantitative estimate of drug-likeness (QED) is 0.271. The molecule has 0 radical (unpaired) electrons. The van der Waals surface area contributed by atoms with Crippen molar-refractivity contribution >= 4 is 21.6 Å². The molecule has 0 saturated heterocycles. The molecule has 1 aromatic heterocycles. The Bertz CT molecular complexity index is 1680. The van der Waals surface area contributed by atoms with Crippen LogP contribution in [-0.2, 0) is 27.5 Å². The molecule has 0 unspecified atom stereocenters. The van der Waals surface area contributed by atoms with E-state index in [0.717, 1.165) is 25.0 Å². The second kappa shape index (κ2) is 16.6. The second-order valence-corrected chi connectivity index (χ2v) is 14.8. The van der Waals surface area contributed by atoms with Gasteiger partial charge in [-0.1, -0.05) is 24.2 Å². The summed E-state index contributed by atoms with van der Waals surface area (Å²) in [4.78, 5) is 17.8. The molecular weight excluding hydrogens is 677 g/mol. The molecule has 2 N–H and O–H groups in total. The number of aliphatic hydroxyl groups excluding tert-OH is 1. The Balaban J connectivity index is 1.62. The van der Waals surface area contributed by atoms with Crippen molar-refractivity contribution in [1.29, 1.82) is 0 Å². The van der Waals surface area contributed by atoms with Crippen LogP contribution < -0.4 is 9.46 Å². The van der Waals surface area contributed by atoms with Crippen LogP contribution in [0.15, 0.2) is 51.9 Å². The Morgan fingerprint density at radius 1 is 1.12 bits per heavy atom. The van der Waals surface area contributed by atoms with Crippen molar-refractivity contribution in [3.63, 3.8) is 0 Å². The maximum atomic E-state index is 14.4. The number of aromatic nitrogens is 1. The van der Waals surface area contributed by atoms with Crippen LogP contribution in [0.4, 0.5) is 18.9 Å². The summed E-state index contributed by atoms with van der Waals surface area (Å²) in [5.74, 6) is -0.296. The maximum Gasteiger partial charge on any atom is 0.416 e. The number of ether oxygens (including phenoxy) is 2. The third-order valence-electron chi connectivity index (χ3n) is 8.77. The van der Waals surface area contributed by atoms with E-state index in [1.807, 2.05) is 25.8 Å². The summed E-state index contributed by atoms with van der Waals surface area (Å²) in [5.41, 5.74) is 0.453. The number of likely N-dealkylation sites (N-methyl/N-ethyl adjacent to an activating group) is 1. The summed E-state index contributed by atoms with van der Waals surface area (Å²) >= 11 is 0. The average molecular weight is 725 g/mol. The van der Waals surface area contributed by atoms with Crippen LogP contribution in [0.3, 0.4) is 0 Å². The lowest BCUT2D eigenvalue weighted by Gasteiger charge is -2.36. The van der Waals surface area contributed by atoms with E-state index < -0.39 is 33.7 Å². The number of carbonyl (C=O) groups is 1. The molecule has 276 valence electrons. The monoisotopic (exact) mass is 724 g/mol. The minimum Gasteiger partial charge on any atom is -0.490 e. The van der Waals surface area contributed by atoms with Crippen molar-refractivity contribution in [1.82, 2.24) is 15.0 Å². The molecule has 2 heterocycles. The topological polar surface area (TPSA) is 134 Å². The van der Waals surface area contributed by atoms with Gasteiger partial charge in [0.2, 0.25) is 0 Å². The van der Waals surface area contributed by atoms with Crippen LogP contribution in [0.25, 0.3) is 0 Å². The first-order valence-corrected chi connectivity index (χ1v) is 18.1. The Morgan fingerprint density at radius 3 is 2.44 bits per heavy atom. The molecule has 0 saturated carbocycles. The Kier molecular flexibility index (Phi) is 13.0. The molecule has 4 rings (SSSR count). The fourth-order valence-corrected chi connectivity index (χ4v) is 7.38. The van der Waals surface area contributed by atoms with Gasteiger partial charge in [-0.05, 0) is 89.9 Å². The number of hydrogen-bond donors (Lipinski definition) is 2. The molecule has 0 fully saturated rings. The van der Waals surface area contributed by atoms with E-state index >= 15 is 0 Å². The molecular formula is C35H47F3N4O7S. The zero-order chi connectivity index (χ0) is 36.8. The highest BCUT2D eigenvalue weighted by Crippen LogP contribution is 2.31. The number of nitrogens with one attached hydrogen (secondary N) is 1. The van der Waals surface area contributed by atoms with Gasteiger partial charge >= 0.3 is 6.18 Å². The fourth-order valence-electron chi connectivity index (χ4n) is 6.00. The smallest absolute Gasteiger partial charge is 0.416 e. The standard InChI is InChI=1S/C35H47F3N4O7S/c1-22-18-42(23(2)21-43)34(44)30-17-29(40-50(45,46)33-25(4)39-49-26(33)5)14-15-31(30)48-24(3)9-7-8-16-47-32(22)20-41(6)19-27-10-12-28(13-11-27)35(36,37)38/h10-15,17,22-24,32,40,43H,7-9,16,18-21H2,1-6H3/t22-,23+,24-,32+/m1/s1. The highest BCUT2D eigenvalue weighted by molar-refractivity contribution is 7.92. The molecule has 1 aliphatic heterocycles. The number of alkyl halides is 3. The van der Waals surface area contributed by atoms with Gasteiger partial charge in [0.15, 0.2) is 10.7 Å². The SMILES string of the molecule is Cc1noc(C)c1S(=O)(=O)Nc1ccc2c(c1)C(=O)N([C@@H](C)CO)C[C@@H](C)[C@H](CN(C)Cc1ccc(C(F)(F)F)cc1)OCCCC[C@@H](C)O2. The summed E-state index contributed by atoms with van der Waals surface area (Å²) in [5, 5.41) is 14.0. The number of hydrogen-bond acceptors (Lipinski definition) is 9. The molecule has 3 aromatic rings. The number of amides is 1. The largest absolute Gasteiger partial charge is 0.490 e. The van der Waals surface area contributed by atoms with Crippen molar-refractivity contribution in [2.75, 3.05) is 38.1 Å². The number of anilines is 1. The van der Waals surface area contributed by atoms with Gasteiger partial charge < -0.3 is 24.0 Å². The predicted octanol–water partition coefficient (Wildman–Crippen LogP) is 6.04. The lowest BCUT2D eigenvalue weighted by molar-refractivity contribution is -0.137. The van der Waals surface area contributed by atoms with E-state index in [2.05, 4.69) is 9.88 Å². The summed E-state index contributed by atoms with van der Waals surface area (Å²) in [6.45, 7) is 9.70. The van der Waals surface area contributed by atoms with Crippen molar-refractivity contribution in [2.45, 2.75) is 89.7 Å². The third-order valence-corrected chi connectivity index (χ3v) is 10.4. The van der Waals surface area contributed by atoms with E-state index in [1.54, 1.807) is 13.0 Å². The van der Waals surface area contributed by atoms with Crippen LogP contribution in [0, 0.1) is 19.8 Å². The molecule has 1 amide bonds. The van der Waals surface area contributed by atoms with Crippen molar-refractivity contribution in [3.8, 4) is 5.75 Å². The van der Waals surface area contributed by atoms with Crippen molar-refractivity contribution in [2.24, 2.45) is 5.92 Å². The highest BCUT2D eigenvalue weighted by atomic mass is 32.2. The minimum absolute atomic E-state index is 0.0903. The van der Waals surface area contributed by atoms with Gasteiger partial charge in [-0.25, -0.2) is 8.42 Å². The first kappa shape index (κ1) is 39.1. The normalized spacial score (nSPS) is 20.6. The van der Waals surface area contributed by atoms with Gasteiger partial charge in [0.1, 0.15) is 11.4 Å². The average Bonchev–Trinajstić information content (AvgIpc) is 3.40. The molecule has 0 bridgehead atoms. The van der Waals surface area contributed by atoms with Crippen LogP contribution >= 0.6 is 0 Å². The Morgan fingerprint density at radius 2 is 1.82 bits per heavy atom. The minimum atomic E-state index is -4.41. The zero-order valence-electron chi connectivity index (χ0n) is 29.3. The lowest BCUT2D eigenvalue weighted by atomic mass is 10.0. The van der Waals surface area contributed by atoms with Crippen LogP contribution in [0.2, 0.25) is 0 Å². The first-order chi connectivity index (χ1) is 23.5. The molecule has 0 aliphatic carbocycles. The van der Waals surface area contributed by atoms with Gasteiger partial charge in [0.25, 0.3) is 15.9 Å². The number of aryl methyl sites for hydroxylation is 2. The Hall–Kier alpha value is -3.66. The lowest BCUT2D eigenvalue weighted by Crippen LogP contribution is -2.47. The number of aliphatic hydroxyl groups is 1. The fraction of sp³-hybridized carbons (Fsp3) is 0.543. The molecule has 2 aromatic carbocycles. The van der Waals surface area contributed by atoms with Crippen LogP contribution in [-0.4, -0.2) is 86.0 Å². The first-order valence-electron chi connectivity index (χ1n) is 16.6. The predicted molar refractivity (Wildman–Crippen MR) is 181 cm³/mol. The molecule has 4 atom stereocenters. The summed E-state index contributed by atoms with van der Waals surface area (Å²) < 4.78 is 86.0. The van der Waals surface area contributed by atoms with E-state index in [9.17, 15) is 31.5 Å². The molecule has 11 nitrogen and oxygen atoms in total. The Labute approximate surface area is 291 Å². The number of carbonyl (C=O) groups excluding carboxylic acids is 1. The summed E-state index contributed by atoms with van der Waals surface area (Å²) in [6.07, 6.45) is -2.84. The van der Waals surface area contributed by atoms with E-state index in [0.29, 0.717) is 31.7 Å². The van der Waals surface area contributed by atoms with E-state index in [1.165, 1.54) is 43.0 Å². The number of rotatable bonds is 9. The van der Waals surface area contributed by atoms with Gasteiger partial charge in [-0.2, -0.15) is 13.2 Å². The van der Waals surface area contributed by atoms with Gasteiger partial charge in [-0.15, -0.1) is 0 Å². The van der Waals surface area contributed by atoms with Crippen LogP contribution in [0.5, 0.6) is 5.75 Å². The highest BCUT2D eigenvalue weighted by Gasteiger charge is 2.32. The summed E-state index contributed by atoms with van der Waals surface area (Å²) in [7, 11) is -2.25. The van der Waals surface area contributed by atoms with Gasteiger partial charge in [-0.3, -0.25) is 14.4 Å². The van der Waals surface area contributed by atoms with Gasteiger partial charge in [0, 0.05) is 37.8 Å². The molecule has 1 aliphatic rings. The maximum absolute atomic E-state index is 14.4. The van der Waals surface area contributed by atoms with E-state index in [4.69, 9.17) is 14.0 Å². The molecule has 15 heteroatoms. The number of halogens is 3. The number of benzene rings is 2. The molecule has 50 heavy (non-hydrogen) atoms. The van der Waals surface area contributed by atoms with Crippen molar-refractivity contribution < 1.29 is 45.5 Å². The third kappa shape index (κ3) is 9.98. The summed E-state index contributed by atoms with van der Waals surface area (Å²) in [6, 6.07) is 8.97. The van der Waals surface area contributed by atoms with E-state index in [-0.39, 0.29) is 64.6 Å². The molecule has 0 spiro atoms. The zero-order valence-corrected chi connectivity index (χ0v) is 30.1. The van der Waals surface area contributed by atoms with Gasteiger partial charge in [0.05, 0.1) is 36.0 Å². The number of nitrogens with zero attached hydrogens (tertiary/aromatic N) is 3.